The van der Waals surface area contributed by atoms with Crippen molar-refractivity contribution in [1.82, 2.24) is 19.5 Å². The zero-order valence-electron chi connectivity index (χ0n) is 14.2. The maximum absolute atomic E-state index is 10.2. The highest BCUT2D eigenvalue weighted by Crippen LogP contribution is 2.32. The van der Waals surface area contributed by atoms with Gasteiger partial charge in [0.2, 0.25) is 0 Å². The Morgan fingerprint density at radius 3 is 2.56 bits per heavy atom. The molecule has 1 unspecified atom stereocenters. The van der Waals surface area contributed by atoms with Crippen LogP contribution in [0.3, 0.4) is 0 Å². The number of benzene rings is 1. The third kappa shape index (κ3) is 3.19. The quantitative estimate of drug-likeness (QED) is 0.409. The molecule has 0 amide bonds. The van der Waals surface area contributed by atoms with Gasteiger partial charge in [-0.2, -0.15) is 0 Å². The third-order valence-corrected chi connectivity index (χ3v) is 4.55. The first kappa shape index (κ1) is 17.6. The summed E-state index contributed by atoms with van der Waals surface area (Å²) in [5.41, 5.74) is 1.85. The maximum Gasteiger partial charge on any atom is 0.167 e. The Balaban J connectivity index is 1.59. The van der Waals surface area contributed by atoms with E-state index in [-0.39, 0.29) is 5.75 Å². The van der Waals surface area contributed by atoms with Crippen molar-refractivity contribution >= 4 is 17.0 Å². The Bertz CT molecular complexity index is 931. The van der Waals surface area contributed by atoms with Crippen LogP contribution in [-0.2, 0) is 11.3 Å². The number of aromatic nitrogens is 4. The molecular weight excluding hydrogens is 354 g/mol. The van der Waals surface area contributed by atoms with Crippen LogP contribution < -0.4 is 5.32 Å². The predicted molar refractivity (Wildman–Crippen MR) is 93.8 cm³/mol. The molecule has 5 N–H and O–H groups in total. The number of rotatable bonds is 5. The van der Waals surface area contributed by atoms with Crippen molar-refractivity contribution in [3.8, 4) is 5.75 Å². The second-order valence-electron chi connectivity index (χ2n) is 6.30. The van der Waals surface area contributed by atoms with Gasteiger partial charge in [-0.15, -0.1) is 0 Å². The van der Waals surface area contributed by atoms with Gasteiger partial charge in [-0.1, -0.05) is 12.1 Å². The number of phenols is 1. The van der Waals surface area contributed by atoms with Crippen LogP contribution in [0.4, 0.5) is 5.82 Å². The third-order valence-electron chi connectivity index (χ3n) is 4.55. The molecule has 2 aromatic heterocycles. The zero-order valence-corrected chi connectivity index (χ0v) is 14.2. The van der Waals surface area contributed by atoms with E-state index in [9.17, 15) is 20.4 Å². The summed E-state index contributed by atoms with van der Waals surface area (Å²) in [5.74, 6) is 0.694. The van der Waals surface area contributed by atoms with Crippen molar-refractivity contribution < 1.29 is 25.2 Å². The summed E-state index contributed by atoms with van der Waals surface area (Å²) in [7, 11) is 0. The predicted octanol–water partition coefficient (Wildman–Crippen LogP) is -0.245. The van der Waals surface area contributed by atoms with Crippen LogP contribution in [0.1, 0.15) is 11.8 Å². The fraction of sp³-hybridized carbons (Fsp3) is 0.353. The smallest absolute Gasteiger partial charge is 0.167 e. The molecule has 10 nitrogen and oxygen atoms in total. The van der Waals surface area contributed by atoms with Crippen molar-refractivity contribution in [3.63, 3.8) is 0 Å². The van der Waals surface area contributed by atoms with E-state index < -0.39 is 31.1 Å². The lowest BCUT2D eigenvalue weighted by atomic mass is 10.1. The van der Waals surface area contributed by atoms with Gasteiger partial charge in [0.25, 0.3) is 0 Å². The lowest BCUT2D eigenvalue weighted by molar-refractivity contribution is -0.0511. The number of aliphatic hydroxyl groups excluding tert-OH is 3. The first-order valence-electron chi connectivity index (χ1n) is 8.40. The van der Waals surface area contributed by atoms with E-state index in [1.807, 2.05) is 0 Å². The highest BCUT2D eigenvalue weighted by atomic mass is 16.6. The zero-order chi connectivity index (χ0) is 19.0. The Morgan fingerprint density at radius 2 is 1.85 bits per heavy atom. The Morgan fingerprint density at radius 1 is 1.07 bits per heavy atom. The Labute approximate surface area is 153 Å². The second-order valence-corrected chi connectivity index (χ2v) is 6.30. The van der Waals surface area contributed by atoms with Crippen LogP contribution in [0.5, 0.6) is 5.75 Å². The summed E-state index contributed by atoms with van der Waals surface area (Å²) >= 11 is 0. The van der Waals surface area contributed by atoms with E-state index in [2.05, 4.69) is 20.3 Å². The minimum atomic E-state index is -1.22. The molecule has 3 aromatic rings. The number of aromatic hydroxyl groups is 1. The van der Waals surface area contributed by atoms with Crippen molar-refractivity contribution in [1.29, 1.82) is 0 Å². The fourth-order valence-electron chi connectivity index (χ4n) is 3.08. The van der Waals surface area contributed by atoms with Crippen molar-refractivity contribution in [2.24, 2.45) is 0 Å². The lowest BCUT2D eigenvalue weighted by Gasteiger charge is -2.16. The number of nitrogens with zero attached hydrogens (tertiary/aromatic N) is 4. The first-order valence-corrected chi connectivity index (χ1v) is 8.40. The number of ether oxygens (including phenoxy) is 1. The standard InChI is InChI=1S/C17H19N5O5/c23-6-11-13(25)14(26)17(27-11)22-8-21-12-15(19-7-20-16(12)22)18-5-9-1-3-10(24)4-2-9/h1-4,7-8,11,13-14,17,23-26H,5-6H2,(H,18,19,20)/t11-,13?,14+,17-/m1/s1. The summed E-state index contributed by atoms with van der Waals surface area (Å²) in [6.07, 6.45) is -1.40. The number of nitrogens with one attached hydrogen (secondary N) is 1. The molecule has 0 saturated carbocycles. The number of aliphatic hydroxyl groups is 3. The first-order chi connectivity index (χ1) is 13.1. The van der Waals surface area contributed by atoms with Gasteiger partial charge in [-0.05, 0) is 17.7 Å². The van der Waals surface area contributed by atoms with Gasteiger partial charge in [0.15, 0.2) is 23.2 Å². The van der Waals surface area contributed by atoms with Gasteiger partial charge in [-0.25, -0.2) is 15.0 Å². The van der Waals surface area contributed by atoms with E-state index >= 15 is 0 Å². The van der Waals surface area contributed by atoms with Crippen LogP contribution >= 0.6 is 0 Å². The fourth-order valence-corrected chi connectivity index (χ4v) is 3.08. The molecule has 0 aliphatic carbocycles. The van der Waals surface area contributed by atoms with Crippen LogP contribution in [-0.4, -0.2) is 64.9 Å². The highest BCUT2D eigenvalue weighted by Gasteiger charge is 2.44. The molecule has 1 aliphatic rings. The number of hydrogen-bond acceptors (Lipinski definition) is 9. The van der Waals surface area contributed by atoms with Gasteiger partial charge < -0.3 is 30.5 Å². The van der Waals surface area contributed by atoms with Crippen LogP contribution in [0, 0.1) is 0 Å². The Hall–Kier alpha value is -2.79. The van der Waals surface area contributed by atoms with Crippen molar-refractivity contribution in [3.05, 3.63) is 42.5 Å². The van der Waals surface area contributed by atoms with E-state index in [1.165, 1.54) is 17.2 Å². The molecule has 4 atom stereocenters. The number of fused-ring (bicyclic) bond motifs is 1. The van der Waals surface area contributed by atoms with Crippen LogP contribution in [0.25, 0.3) is 11.2 Å². The summed E-state index contributed by atoms with van der Waals surface area (Å²) in [5, 5.41) is 41.9. The van der Waals surface area contributed by atoms with E-state index in [1.54, 1.807) is 24.3 Å². The monoisotopic (exact) mass is 373 g/mol. The summed E-state index contributed by atoms with van der Waals surface area (Å²) in [6, 6.07) is 6.78. The number of imidazole rings is 1. The molecule has 3 heterocycles. The molecule has 10 heteroatoms. The number of anilines is 1. The normalized spacial score (nSPS) is 25.1. The summed E-state index contributed by atoms with van der Waals surface area (Å²) in [4.78, 5) is 12.7. The molecule has 1 aliphatic heterocycles. The average Bonchev–Trinajstić information content (AvgIpc) is 3.23. The van der Waals surface area contributed by atoms with Gasteiger partial charge in [0.05, 0.1) is 12.9 Å². The van der Waals surface area contributed by atoms with Crippen LogP contribution in [0.15, 0.2) is 36.9 Å². The topological polar surface area (TPSA) is 146 Å². The molecule has 142 valence electrons. The number of phenolic OH excluding ortho intramolecular Hbond substituents is 1. The van der Waals surface area contributed by atoms with Gasteiger partial charge >= 0.3 is 0 Å². The molecule has 27 heavy (non-hydrogen) atoms. The van der Waals surface area contributed by atoms with Crippen molar-refractivity contribution in [2.45, 2.75) is 31.1 Å². The van der Waals surface area contributed by atoms with E-state index in [4.69, 9.17) is 4.74 Å². The summed E-state index contributed by atoms with van der Waals surface area (Å²) in [6.45, 7) is 0.0584. The molecule has 0 bridgehead atoms. The van der Waals surface area contributed by atoms with E-state index in [0.29, 0.717) is 23.5 Å². The van der Waals surface area contributed by atoms with Crippen LogP contribution in [0.2, 0.25) is 0 Å². The summed E-state index contributed by atoms with van der Waals surface area (Å²) < 4.78 is 7.04. The molecule has 0 spiro atoms. The molecule has 1 aromatic carbocycles. The minimum Gasteiger partial charge on any atom is -0.508 e. The molecule has 1 fully saturated rings. The second kappa shape index (κ2) is 7.08. The number of hydrogen-bond donors (Lipinski definition) is 5. The molecule has 1 saturated heterocycles. The minimum absolute atomic E-state index is 0.195. The average molecular weight is 373 g/mol. The lowest BCUT2D eigenvalue weighted by Crippen LogP contribution is -2.33. The molecular formula is C17H19N5O5. The molecule has 0 radical (unpaired) electrons. The maximum atomic E-state index is 10.2. The SMILES string of the molecule is OC[C@H]1O[C@@H](n2cnc3c(NCc4ccc(O)cc4)ncnc32)[C@@H](O)C1O. The Kier molecular flexibility index (Phi) is 4.62. The highest BCUT2D eigenvalue weighted by molar-refractivity contribution is 5.82. The molecule has 4 rings (SSSR count). The van der Waals surface area contributed by atoms with Gasteiger partial charge in [0.1, 0.15) is 30.4 Å². The van der Waals surface area contributed by atoms with Gasteiger partial charge in [0, 0.05) is 6.54 Å². The van der Waals surface area contributed by atoms with Gasteiger partial charge in [-0.3, -0.25) is 4.57 Å². The van der Waals surface area contributed by atoms with E-state index in [0.717, 1.165) is 5.56 Å². The largest absolute Gasteiger partial charge is 0.508 e. The van der Waals surface area contributed by atoms with Crippen molar-refractivity contribution in [2.75, 3.05) is 11.9 Å².